The van der Waals surface area contributed by atoms with E-state index in [9.17, 15) is 9.59 Å². The summed E-state index contributed by atoms with van der Waals surface area (Å²) in [7, 11) is 0. The van der Waals surface area contributed by atoms with Gasteiger partial charge in [0.15, 0.2) is 0 Å². The van der Waals surface area contributed by atoms with E-state index in [1.165, 1.54) is 11.8 Å². The number of rotatable bonds is 6. The van der Waals surface area contributed by atoms with Gasteiger partial charge >= 0.3 is 5.97 Å². The van der Waals surface area contributed by atoms with Crippen LogP contribution in [0.2, 0.25) is 0 Å². The van der Waals surface area contributed by atoms with Gasteiger partial charge in [0.1, 0.15) is 5.78 Å². The Morgan fingerprint density at radius 1 is 1.50 bits per heavy atom. The molecule has 0 aromatic carbocycles. The van der Waals surface area contributed by atoms with Gasteiger partial charge in [-0.2, -0.15) is 11.8 Å². The molecule has 0 heterocycles. The van der Waals surface area contributed by atoms with Gasteiger partial charge in [0.2, 0.25) is 0 Å². The summed E-state index contributed by atoms with van der Waals surface area (Å²) in [6.07, 6.45) is 0.176. The van der Waals surface area contributed by atoms with Crippen molar-refractivity contribution in [2.75, 3.05) is 11.5 Å². The molecule has 3 nitrogen and oxygen atoms in total. The first kappa shape index (κ1) is 11.5. The standard InChI is InChI=1S/C8H14O3S/c1-6(7(2)9)5-12-4-3-8(10)11/h6H,3-5H2,1-2H3,(H,10,11). The highest BCUT2D eigenvalue weighted by Crippen LogP contribution is 2.09. The molecule has 0 bridgehead atoms. The maximum Gasteiger partial charge on any atom is 0.304 e. The number of ketones is 1. The van der Waals surface area contributed by atoms with Gasteiger partial charge in [-0.1, -0.05) is 6.92 Å². The number of hydrogen-bond donors (Lipinski definition) is 1. The summed E-state index contributed by atoms with van der Waals surface area (Å²) in [6, 6.07) is 0. The summed E-state index contributed by atoms with van der Waals surface area (Å²) in [5, 5.41) is 8.31. The molecule has 0 rings (SSSR count). The predicted molar refractivity (Wildman–Crippen MR) is 49.4 cm³/mol. The molecule has 0 spiro atoms. The van der Waals surface area contributed by atoms with Gasteiger partial charge in [0.25, 0.3) is 0 Å². The number of carboxylic acid groups (broad SMARTS) is 1. The number of hydrogen-bond acceptors (Lipinski definition) is 3. The highest BCUT2D eigenvalue weighted by molar-refractivity contribution is 7.99. The zero-order chi connectivity index (χ0) is 9.56. The van der Waals surface area contributed by atoms with E-state index in [1.807, 2.05) is 6.92 Å². The van der Waals surface area contributed by atoms with Gasteiger partial charge in [-0.05, 0) is 6.92 Å². The highest BCUT2D eigenvalue weighted by atomic mass is 32.2. The average Bonchev–Trinajstić information content (AvgIpc) is 1.97. The van der Waals surface area contributed by atoms with Crippen molar-refractivity contribution in [2.45, 2.75) is 20.3 Å². The molecular weight excluding hydrogens is 176 g/mol. The van der Waals surface area contributed by atoms with Crippen LogP contribution in [0.1, 0.15) is 20.3 Å². The molecule has 4 heteroatoms. The molecule has 0 fully saturated rings. The Kier molecular flexibility index (Phi) is 5.80. The van der Waals surface area contributed by atoms with Gasteiger partial charge < -0.3 is 5.11 Å². The van der Waals surface area contributed by atoms with Gasteiger partial charge in [0.05, 0.1) is 6.42 Å². The van der Waals surface area contributed by atoms with Gasteiger partial charge in [-0.25, -0.2) is 0 Å². The number of carboxylic acids is 1. The van der Waals surface area contributed by atoms with E-state index in [0.717, 1.165) is 5.75 Å². The lowest BCUT2D eigenvalue weighted by Gasteiger charge is -2.05. The minimum Gasteiger partial charge on any atom is -0.481 e. The Morgan fingerprint density at radius 2 is 2.08 bits per heavy atom. The number of thioether (sulfide) groups is 1. The van der Waals surface area contributed by atoms with Crippen molar-refractivity contribution in [1.82, 2.24) is 0 Å². The predicted octanol–water partition coefficient (Wildman–Crippen LogP) is 1.42. The maximum atomic E-state index is 10.7. The molecule has 12 heavy (non-hydrogen) atoms. The number of carbonyl (C=O) groups excluding carboxylic acids is 1. The van der Waals surface area contributed by atoms with Crippen LogP contribution in [-0.4, -0.2) is 28.4 Å². The normalized spacial score (nSPS) is 12.5. The van der Waals surface area contributed by atoms with Crippen LogP contribution in [0.4, 0.5) is 0 Å². The lowest BCUT2D eigenvalue weighted by atomic mass is 10.1. The first-order valence-corrected chi connectivity index (χ1v) is 4.99. The minimum absolute atomic E-state index is 0.0452. The zero-order valence-corrected chi connectivity index (χ0v) is 8.19. The van der Waals surface area contributed by atoms with Crippen LogP contribution in [-0.2, 0) is 9.59 Å². The maximum absolute atomic E-state index is 10.7. The van der Waals surface area contributed by atoms with Crippen LogP contribution in [0.3, 0.4) is 0 Å². The van der Waals surface area contributed by atoms with Crippen molar-refractivity contribution in [3.63, 3.8) is 0 Å². The third kappa shape index (κ3) is 6.22. The molecule has 0 aliphatic heterocycles. The molecule has 0 aliphatic carbocycles. The van der Waals surface area contributed by atoms with Crippen molar-refractivity contribution in [3.05, 3.63) is 0 Å². The Bertz CT molecular complexity index is 168. The topological polar surface area (TPSA) is 54.4 Å². The molecule has 1 unspecified atom stereocenters. The third-order valence-corrected chi connectivity index (χ3v) is 2.75. The van der Waals surface area contributed by atoms with Crippen LogP contribution in [0.5, 0.6) is 0 Å². The molecule has 0 saturated carbocycles. The molecule has 1 atom stereocenters. The van der Waals surface area contributed by atoms with E-state index in [2.05, 4.69) is 0 Å². The molecule has 0 saturated heterocycles. The van der Waals surface area contributed by atoms with Gasteiger partial charge in [0, 0.05) is 17.4 Å². The Labute approximate surface area is 76.5 Å². The largest absolute Gasteiger partial charge is 0.481 e. The molecule has 0 aromatic rings. The van der Waals surface area contributed by atoms with Gasteiger partial charge in [-0.15, -0.1) is 0 Å². The molecule has 0 amide bonds. The first-order valence-electron chi connectivity index (χ1n) is 3.84. The quantitative estimate of drug-likeness (QED) is 0.643. The summed E-state index contributed by atoms with van der Waals surface area (Å²) >= 11 is 1.52. The summed E-state index contributed by atoms with van der Waals surface area (Å²) in [6.45, 7) is 3.42. The molecular formula is C8H14O3S. The fraction of sp³-hybridized carbons (Fsp3) is 0.750. The highest BCUT2D eigenvalue weighted by Gasteiger charge is 2.07. The minimum atomic E-state index is -0.780. The number of Topliss-reactive ketones (excluding diaryl/α,β-unsaturated/α-hetero) is 1. The van der Waals surface area contributed by atoms with E-state index >= 15 is 0 Å². The van der Waals surface area contributed by atoms with Crippen molar-refractivity contribution >= 4 is 23.5 Å². The Morgan fingerprint density at radius 3 is 2.50 bits per heavy atom. The second kappa shape index (κ2) is 6.06. The third-order valence-electron chi connectivity index (χ3n) is 1.52. The molecule has 0 radical (unpaired) electrons. The smallest absolute Gasteiger partial charge is 0.304 e. The molecule has 1 N–H and O–H groups in total. The Hall–Kier alpha value is -0.510. The van der Waals surface area contributed by atoms with Crippen LogP contribution < -0.4 is 0 Å². The van der Waals surface area contributed by atoms with Crippen molar-refractivity contribution in [1.29, 1.82) is 0 Å². The van der Waals surface area contributed by atoms with E-state index in [0.29, 0.717) is 5.75 Å². The zero-order valence-electron chi connectivity index (χ0n) is 7.37. The number of aliphatic carboxylic acids is 1. The second-order valence-electron chi connectivity index (χ2n) is 2.73. The van der Waals surface area contributed by atoms with Crippen LogP contribution in [0.25, 0.3) is 0 Å². The fourth-order valence-electron chi connectivity index (χ4n) is 0.537. The van der Waals surface area contributed by atoms with Gasteiger partial charge in [-0.3, -0.25) is 9.59 Å². The molecule has 70 valence electrons. The monoisotopic (exact) mass is 190 g/mol. The SMILES string of the molecule is CC(=O)C(C)CSCCC(=O)O. The van der Waals surface area contributed by atoms with E-state index in [4.69, 9.17) is 5.11 Å². The average molecular weight is 190 g/mol. The fourth-order valence-corrected chi connectivity index (χ4v) is 1.61. The van der Waals surface area contributed by atoms with Crippen molar-refractivity contribution < 1.29 is 14.7 Å². The Balaban J connectivity index is 3.31. The lowest BCUT2D eigenvalue weighted by molar-refractivity contribution is -0.136. The van der Waals surface area contributed by atoms with Crippen molar-refractivity contribution in [3.8, 4) is 0 Å². The van der Waals surface area contributed by atoms with E-state index in [1.54, 1.807) is 6.92 Å². The summed E-state index contributed by atoms with van der Waals surface area (Å²) < 4.78 is 0. The van der Waals surface area contributed by atoms with E-state index < -0.39 is 5.97 Å². The molecule has 0 aromatic heterocycles. The first-order chi connectivity index (χ1) is 5.54. The number of carbonyl (C=O) groups is 2. The summed E-state index contributed by atoms with van der Waals surface area (Å²) in [4.78, 5) is 20.8. The molecule has 0 aliphatic rings. The lowest BCUT2D eigenvalue weighted by Crippen LogP contribution is -2.09. The van der Waals surface area contributed by atoms with E-state index in [-0.39, 0.29) is 18.1 Å². The second-order valence-corrected chi connectivity index (χ2v) is 3.88. The summed E-state index contributed by atoms with van der Waals surface area (Å²) in [5.74, 6) is 0.745. The van der Waals surface area contributed by atoms with Crippen LogP contribution >= 0.6 is 11.8 Å². The van der Waals surface area contributed by atoms with Crippen LogP contribution in [0.15, 0.2) is 0 Å². The summed E-state index contributed by atoms with van der Waals surface area (Å²) in [5.41, 5.74) is 0. The van der Waals surface area contributed by atoms with Crippen LogP contribution in [0, 0.1) is 5.92 Å². The van der Waals surface area contributed by atoms with Crippen molar-refractivity contribution in [2.24, 2.45) is 5.92 Å².